The van der Waals surface area contributed by atoms with E-state index < -0.39 is 23.4 Å². The van der Waals surface area contributed by atoms with Crippen molar-refractivity contribution in [2.75, 3.05) is 20.2 Å². The number of benzene rings is 2. The molecule has 0 spiro atoms. The Hall–Kier alpha value is -3.35. The van der Waals surface area contributed by atoms with E-state index in [4.69, 9.17) is 9.84 Å². The van der Waals surface area contributed by atoms with Crippen LogP contribution in [0.5, 0.6) is 0 Å². The predicted octanol–water partition coefficient (Wildman–Crippen LogP) is 3.87. The second-order valence-electron chi connectivity index (χ2n) is 10.1. The van der Waals surface area contributed by atoms with E-state index in [0.29, 0.717) is 6.42 Å². The highest BCUT2D eigenvalue weighted by atomic mass is 16.5. The Bertz CT molecular complexity index is 1100. The monoisotopic (exact) mass is 462 g/mol. The third-order valence-electron chi connectivity index (χ3n) is 7.82. The lowest BCUT2D eigenvalue weighted by Gasteiger charge is -2.25. The first-order valence-electron chi connectivity index (χ1n) is 11.9. The quantitative estimate of drug-likeness (QED) is 0.651. The van der Waals surface area contributed by atoms with Gasteiger partial charge in [-0.05, 0) is 47.4 Å². The number of nitrogens with zero attached hydrogens (tertiary/aromatic N) is 1. The van der Waals surface area contributed by atoms with Gasteiger partial charge in [0, 0.05) is 25.6 Å². The van der Waals surface area contributed by atoms with Crippen LogP contribution in [0, 0.1) is 17.3 Å². The van der Waals surface area contributed by atoms with Gasteiger partial charge in [0.2, 0.25) is 5.91 Å². The van der Waals surface area contributed by atoms with Crippen LogP contribution in [0.4, 0.5) is 4.79 Å². The summed E-state index contributed by atoms with van der Waals surface area (Å²) in [5, 5.41) is 12.1. The molecule has 2 amide bonds. The van der Waals surface area contributed by atoms with Crippen LogP contribution in [0.25, 0.3) is 11.1 Å². The average molecular weight is 463 g/mol. The first kappa shape index (κ1) is 22.4. The number of alkyl carbamates (subject to hydrolysis) is 1. The largest absolute Gasteiger partial charge is 0.481 e. The van der Waals surface area contributed by atoms with Crippen molar-refractivity contribution in [3.63, 3.8) is 0 Å². The molecule has 0 bridgehead atoms. The maximum Gasteiger partial charge on any atom is 0.407 e. The molecule has 0 aromatic heterocycles. The normalized spacial score (nSPS) is 25.0. The molecule has 2 N–H and O–H groups in total. The van der Waals surface area contributed by atoms with Crippen LogP contribution >= 0.6 is 0 Å². The molecule has 2 aromatic carbocycles. The minimum atomic E-state index is -0.911. The zero-order valence-electron chi connectivity index (χ0n) is 19.5. The van der Waals surface area contributed by atoms with Gasteiger partial charge >= 0.3 is 12.1 Å². The van der Waals surface area contributed by atoms with E-state index in [-0.39, 0.29) is 36.9 Å². The molecule has 3 aliphatic carbocycles. The van der Waals surface area contributed by atoms with Gasteiger partial charge in [-0.1, -0.05) is 55.5 Å². The Morgan fingerprint density at radius 1 is 1.09 bits per heavy atom. The van der Waals surface area contributed by atoms with Crippen molar-refractivity contribution in [3.8, 4) is 11.1 Å². The Morgan fingerprint density at radius 2 is 1.71 bits per heavy atom. The summed E-state index contributed by atoms with van der Waals surface area (Å²) in [7, 11) is 1.66. The van der Waals surface area contributed by atoms with Crippen LogP contribution < -0.4 is 5.32 Å². The van der Waals surface area contributed by atoms with Gasteiger partial charge < -0.3 is 20.1 Å². The van der Waals surface area contributed by atoms with E-state index in [0.717, 1.165) is 12.8 Å². The molecule has 0 heterocycles. The molecule has 5 rings (SSSR count). The number of fused-ring (bicyclic) bond motifs is 4. The average Bonchev–Trinajstić information content (AvgIpc) is 3.25. The highest BCUT2D eigenvalue weighted by Gasteiger charge is 2.65. The Balaban J connectivity index is 1.17. The number of carboxylic acids is 1. The zero-order chi connectivity index (χ0) is 24.0. The summed E-state index contributed by atoms with van der Waals surface area (Å²) >= 11 is 0. The smallest absolute Gasteiger partial charge is 0.407 e. The van der Waals surface area contributed by atoms with Gasteiger partial charge in [0.15, 0.2) is 0 Å². The van der Waals surface area contributed by atoms with Crippen LogP contribution in [0.1, 0.15) is 43.2 Å². The van der Waals surface area contributed by atoms with Crippen molar-refractivity contribution in [2.45, 2.75) is 38.1 Å². The van der Waals surface area contributed by atoms with Crippen molar-refractivity contribution < 1.29 is 24.2 Å². The Morgan fingerprint density at radius 3 is 2.32 bits per heavy atom. The number of aliphatic carboxylic acids is 1. The number of hydrogen-bond donors (Lipinski definition) is 2. The second-order valence-corrected chi connectivity index (χ2v) is 10.1. The number of carboxylic acid groups (broad SMARTS) is 1. The number of carbonyl (C=O) groups excluding carboxylic acids is 2. The SMILES string of the molecule is CC(CN(C)C(=O)[C@@]12C[C@@H](NC(=O)OCC3c4ccccc4-c4ccccc43)C[C@@H]1C2)C(=O)O. The number of rotatable bonds is 7. The maximum absolute atomic E-state index is 13.0. The summed E-state index contributed by atoms with van der Waals surface area (Å²) in [6, 6.07) is 16.3. The van der Waals surface area contributed by atoms with E-state index in [1.807, 2.05) is 24.3 Å². The van der Waals surface area contributed by atoms with Gasteiger partial charge in [-0.2, -0.15) is 0 Å². The third kappa shape index (κ3) is 3.83. The Labute approximate surface area is 199 Å². The van der Waals surface area contributed by atoms with Crippen LogP contribution in [0.3, 0.4) is 0 Å². The van der Waals surface area contributed by atoms with Crippen molar-refractivity contribution in [2.24, 2.45) is 17.3 Å². The van der Waals surface area contributed by atoms with Crippen LogP contribution in [-0.2, 0) is 14.3 Å². The van der Waals surface area contributed by atoms with Crippen LogP contribution in [-0.4, -0.2) is 54.2 Å². The zero-order valence-corrected chi connectivity index (χ0v) is 19.5. The van der Waals surface area contributed by atoms with Crippen molar-refractivity contribution in [1.82, 2.24) is 10.2 Å². The summed E-state index contributed by atoms with van der Waals surface area (Å²) in [5.74, 6) is -1.29. The standard InChI is InChI=1S/C27H30N2O5/c1-16(24(30)31)14-29(2)25(32)27-12-17(27)11-18(13-27)28-26(33)34-15-23-21-9-5-3-7-19(21)20-8-4-6-10-22(20)23/h3-10,16-18,23H,11-15H2,1-2H3,(H,28,33)(H,30,31)/t16?,17-,18+,27+/m1/s1. The minimum Gasteiger partial charge on any atom is -0.481 e. The summed E-state index contributed by atoms with van der Waals surface area (Å²) in [6.45, 7) is 2.05. The van der Waals surface area contributed by atoms with E-state index in [1.54, 1.807) is 14.0 Å². The van der Waals surface area contributed by atoms with Crippen molar-refractivity contribution in [1.29, 1.82) is 0 Å². The molecule has 34 heavy (non-hydrogen) atoms. The van der Waals surface area contributed by atoms with E-state index >= 15 is 0 Å². The molecule has 1 unspecified atom stereocenters. The summed E-state index contributed by atoms with van der Waals surface area (Å²) in [6.07, 6.45) is 1.68. The van der Waals surface area contributed by atoms with E-state index in [9.17, 15) is 14.4 Å². The molecule has 178 valence electrons. The van der Waals surface area contributed by atoms with Gasteiger partial charge in [0.25, 0.3) is 0 Å². The second kappa shape index (κ2) is 8.46. The van der Waals surface area contributed by atoms with Gasteiger partial charge in [-0.3, -0.25) is 9.59 Å². The third-order valence-corrected chi connectivity index (χ3v) is 7.82. The van der Waals surface area contributed by atoms with E-state index in [2.05, 4.69) is 29.6 Å². The van der Waals surface area contributed by atoms with Crippen molar-refractivity contribution in [3.05, 3.63) is 59.7 Å². The fourth-order valence-electron chi connectivity index (χ4n) is 6.02. The molecule has 4 atom stereocenters. The van der Waals surface area contributed by atoms with Crippen LogP contribution in [0.2, 0.25) is 0 Å². The van der Waals surface area contributed by atoms with Gasteiger partial charge in [0.05, 0.1) is 11.3 Å². The number of amides is 2. The minimum absolute atomic E-state index is 0.00734. The number of ether oxygens (including phenoxy) is 1. The lowest BCUT2D eigenvalue weighted by molar-refractivity contribution is -0.143. The van der Waals surface area contributed by atoms with E-state index in [1.165, 1.54) is 27.2 Å². The number of hydrogen-bond acceptors (Lipinski definition) is 4. The molecule has 2 aromatic rings. The lowest BCUT2D eigenvalue weighted by Crippen LogP contribution is -2.41. The number of carbonyl (C=O) groups is 3. The van der Waals surface area contributed by atoms with Gasteiger partial charge in [-0.15, -0.1) is 0 Å². The summed E-state index contributed by atoms with van der Waals surface area (Å²) < 4.78 is 5.66. The molecule has 2 fully saturated rings. The molecule has 2 saturated carbocycles. The topological polar surface area (TPSA) is 95.9 Å². The molecular formula is C27H30N2O5. The summed E-state index contributed by atoms with van der Waals surface area (Å²) in [4.78, 5) is 38.3. The molecule has 0 radical (unpaired) electrons. The molecule has 0 aliphatic heterocycles. The highest BCUT2D eigenvalue weighted by Crippen LogP contribution is 2.64. The fourth-order valence-corrected chi connectivity index (χ4v) is 6.02. The highest BCUT2D eigenvalue weighted by molar-refractivity contribution is 5.87. The molecule has 0 saturated heterocycles. The summed E-state index contributed by atoms with van der Waals surface area (Å²) in [5.41, 5.74) is 4.24. The Kier molecular flexibility index (Phi) is 5.58. The molecule has 3 aliphatic rings. The predicted molar refractivity (Wildman–Crippen MR) is 126 cm³/mol. The first-order chi connectivity index (χ1) is 16.3. The fraction of sp³-hybridized carbons (Fsp3) is 0.444. The first-order valence-corrected chi connectivity index (χ1v) is 11.9. The van der Waals surface area contributed by atoms with Crippen molar-refractivity contribution >= 4 is 18.0 Å². The lowest BCUT2D eigenvalue weighted by atomic mass is 9.98. The van der Waals surface area contributed by atoms with Gasteiger partial charge in [0.1, 0.15) is 6.61 Å². The van der Waals surface area contributed by atoms with Gasteiger partial charge in [-0.25, -0.2) is 4.79 Å². The molecule has 7 nitrogen and oxygen atoms in total. The van der Waals surface area contributed by atoms with Crippen LogP contribution in [0.15, 0.2) is 48.5 Å². The maximum atomic E-state index is 13.0. The molecule has 7 heteroatoms. The molecular weight excluding hydrogens is 432 g/mol. The number of nitrogens with one attached hydrogen (secondary N) is 1.